The first-order valence-electron chi connectivity index (χ1n) is 3.72. The number of hydrogen-bond donors (Lipinski definition) is 0. The quantitative estimate of drug-likeness (QED) is 0.709. The molecule has 0 bridgehead atoms. The lowest BCUT2D eigenvalue weighted by atomic mass is 10.1. The molecule has 0 amide bonds. The van der Waals surface area contributed by atoms with E-state index in [1.54, 1.807) is 0 Å². The molecule has 76 valence electrons. The van der Waals surface area contributed by atoms with Gasteiger partial charge in [0.15, 0.2) is 5.78 Å². The predicted octanol–water partition coefficient (Wildman–Crippen LogP) is 4.13. The molecule has 0 aliphatic heterocycles. The average Bonchev–Trinajstić information content (AvgIpc) is 2.02. The number of hydrogen-bond acceptors (Lipinski definition) is 1. The summed E-state index contributed by atoms with van der Waals surface area (Å²) in [5.74, 6) is -0.367. The molecular weight excluding hydrogens is 233 g/mol. The van der Waals surface area contributed by atoms with Crippen LogP contribution < -0.4 is 0 Å². The second-order valence-electron chi connectivity index (χ2n) is 2.68. The first-order valence-corrected chi connectivity index (χ1v) is 4.47. The number of carbonyl (C=O) groups excluding carboxylic acids is 1. The molecule has 0 fully saturated rings. The van der Waals surface area contributed by atoms with Gasteiger partial charge in [0.05, 0.1) is 15.6 Å². The molecule has 0 N–H and O–H groups in total. The lowest BCUT2D eigenvalue weighted by molar-refractivity contribution is 0.101. The zero-order chi connectivity index (χ0) is 10.9. The highest BCUT2D eigenvalue weighted by Crippen LogP contribution is 2.35. The number of ketones is 1. The van der Waals surface area contributed by atoms with Crippen molar-refractivity contribution in [2.24, 2.45) is 0 Å². The maximum Gasteiger partial charge on any atom is 0.266 e. The molecule has 14 heavy (non-hydrogen) atoms. The molecule has 5 heteroatoms. The summed E-state index contributed by atoms with van der Waals surface area (Å²) >= 11 is 11.1. The lowest BCUT2D eigenvalue weighted by Crippen LogP contribution is -1.98. The fourth-order valence-corrected chi connectivity index (χ4v) is 1.71. The van der Waals surface area contributed by atoms with Gasteiger partial charge in [0.25, 0.3) is 6.43 Å². The second-order valence-corrected chi connectivity index (χ2v) is 3.46. The molecule has 0 atom stereocenters. The van der Waals surface area contributed by atoms with Crippen molar-refractivity contribution in [2.75, 3.05) is 0 Å². The minimum absolute atomic E-state index is 0.0615. The summed E-state index contributed by atoms with van der Waals surface area (Å²) in [5, 5.41) is -0.394. The highest BCUT2D eigenvalue weighted by atomic mass is 35.5. The van der Waals surface area contributed by atoms with Gasteiger partial charge in [-0.25, -0.2) is 8.78 Å². The van der Waals surface area contributed by atoms with Crippen LogP contribution in [0.2, 0.25) is 10.0 Å². The van der Waals surface area contributed by atoms with E-state index in [1.165, 1.54) is 19.1 Å². The molecule has 1 aromatic carbocycles. The maximum absolute atomic E-state index is 12.5. The summed E-state index contributed by atoms with van der Waals surface area (Å²) in [6, 6.07) is 2.57. The van der Waals surface area contributed by atoms with Crippen LogP contribution in [0.3, 0.4) is 0 Å². The van der Waals surface area contributed by atoms with Crippen LogP contribution in [0.25, 0.3) is 0 Å². The maximum atomic E-state index is 12.5. The van der Waals surface area contributed by atoms with Crippen LogP contribution in [0.1, 0.15) is 29.3 Å². The normalized spacial score (nSPS) is 10.7. The Morgan fingerprint density at radius 3 is 2.36 bits per heavy atom. The van der Waals surface area contributed by atoms with Gasteiger partial charge in [-0.2, -0.15) is 0 Å². The van der Waals surface area contributed by atoms with E-state index in [0.29, 0.717) is 0 Å². The molecule has 1 rings (SSSR count). The zero-order valence-electron chi connectivity index (χ0n) is 7.15. The zero-order valence-corrected chi connectivity index (χ0v) is 8.66. The molecule has 0 heterocycles. The van der Waals surface area contributed by atoms with E-state index in [-0.39, 0.29) is 21.4 Å². The predicted molar refractivity (Wildman–Crippen MR) is 51.4 cm³/mol. The van der Waals surface area contributed by atoms with E-state index in [0.717, 1.165) is 0 Å². The Morgan fingerprint density at radius 2 is 1.93 bits per heavy atom. The van der Waals surface area contributed by atoms with Crippen LogP contribution in [-0.4, -0.2) is 5.78 Å². The Bertz CT molecular complexity index is 377. The van der Waals surface area contributed by atoms with Crippen molar-refractivity contribution in [2.45, 2.75) is 13.3 Å². The summed E-state index contributed by atoms with van der Waals surface area (Å²) in [7, 11) is 0. The molecule has 1 nitrogen and oxygen atoms in total. The molecule has 0 saturated heterocycles. The second kappa shape index (κ2) is 4.24. The first kappa shape index (κ1) is 11.4. The number of Topliss-reactive ketones (excluding diaryl/α,β-unsaturated/α-hetero) is 1. The van der Waals surface area contributed by atoms with Gasteiger partial charge in [0.1, 0.15) is 0 Å². The Labute approximate surface area is 89.6 Å². The molecular formula is C9H6Cl2F2O. The fraction of sp³-hybridized carbons (Fsp3) is 0.222. The molecule has 0 spiro atoms. The Morgan fingerprint density at radius 1 is 1.36 bits per heavy atom. The number of alkyl halides is 2. The monoisotopic (exact) mass is 238 g/mol. The fourth-order valence-electron chi connectivity index (χ4n) is 1.04. The molecule has 0 radical (unpaired) electrons. The van der Waals surface area contributed by atoms with Crippen molar-refractivity contribution in [3.8, 4) is 0 Å². The summed E-state index contributed by atoms with van der Waals surface area (Å²) in [6.07, 6.45) is -2.78. The summed E-state index contributed by atoms with van der Waals surface area (Å²) in [5.41, 5.74) is -0.424. The number of halogens is 4. The summed E-state index contributed by atoms with van der Waals surface area (Å²) < 4.78 is 24.9. The van der Waals surface area contributed by atoms with Gasteiger partial charge in [-0.3, -0.25) is 4.79 Å². The van der Waals surface area contributed by atoms with Gasteiger partial charge in [0, 0.05) is 5.56 Å². The van der Waals surface area contributed by atoms with E-state index >= 15 is 0 Å². The van der Waals surface area contributed by atoms with Crippen molar-refractivity contribution in [3.63, 3.8) is 0 Å². The molecule has 0 unspecified atom stereocenters. The Balaban J connectivity index is 3.41. The van der Waals surface area contributed by atoms with E-state index in [9.17, 15) is 13.6 Å². The number of benzene rings is 1. The third-order valence-electron chi connectivity index (χ3n) is 1.72. The average molecular weight is 239 g/mol. The molecule has 0 aromatic heterocycles. The summed E-state index contributed by atoms with van der Waals surface area (Å²) in [4.78, 5) is 11.0. The molecule has 0 aliphatic rings. The van der Waals surface area contributed by atoms with Gasteiger partial charge in [0.2, 0.25) is 0 Å². The van der Waals surface area contributed by atoms with Crippen molar-refractivity contribution >= 4 is 29.0 Å². The smallest absolute Gasteiger partial charge is 0.266 e. The van der Waals surface area contributed by atoms with Crippen molar-refractivity contribution < 1.29 is 13.6 Å². The molecule has 0 aliphatic carbocycles. The summed E-state index contributed by atoms with van der Waals surface area (Å²) in [6.45, 7) is 1.25. The minimum Gasteiger partial charge on any atom is -0.294 e. The van der Waals surface area contributed by atoms with E-state index in [1.807, 2.05) is 0 Å². The number of rotatable bonds is 2. The third kappa shape index (κ3) is 2.04. The Kier molecular flexibility index (Phi) is 3.45. The topological polar surface area (TPSA) is 17.1 Å². The van der Waals surface area contributed by atoms with Crippen LogP contribution in [0.15, 0.2) is 12.1 Å². The highest BCUT2D eigenvalue weighted by Gasteiger charge is 2.20. The van der Waals surface area contributed by atoms with Crippen molar-refractivity contribution in [1.29, 1.82) is 0 Å². The molecule has 0 saturated carbocycles. The SMILES string of the molecule is CC(=O)c1ccc(Cl)c(C(F)F)c1Cl. The largest absolute Gasteiger partial charge is 0.294 e. The minimum atomic E-state index is -2.78. The van der Waals surface area contributed by atoms with Crippen LogP contribution in [0, 0.1) is 0 Å². The van der Waals surface area contributed by atoms with E-state index in [2.05, 4.69) is 0 Å². The van der Waals surface area contributed by atoms with Gasteiger partial charge in [-0.05, 0) is 19.1 Å². The number of carbonyl (C=O) groups is 1. The van der Waals surface area contributed by atoms with Crippen molar-refractivity contribution in [3.05, 3.63) is 33.3 Å². The van der Waals surface area contributed by atoms with E-state index < -0.39 is 12.0 Å². The van der Waals surface area contributed by atoms with E-state index in [4.69, 9.17) is 23.2 Å². The Hall–Kier alpha value is -0.670. The highest BCUT2D eigenvalue weighted by molar-refractivity contribution is 6.38. The van der Waals surface area contributed by atoms with Crippen LogP contribution in [-0.2, 0) is 0 Å². The first-order chi connectivity index (χ1) is 6.45. The van der Waals surface area contributed by atoms with Crippen molar-refractivity contribution in [1.82, 2.24) is 0 Å². The van der Waals surface area contributed by atoms with Gasteiger partial charge in [-0.15, -0.1) is 0 Å². The standard InChI is InChI=1S/C9H6Cl2F2O/c1-4(14)5-2-3-6(10)7(8(5)11)9(12)13/h2-3,9H,1H3. The van der Waals surface area contributed by atoms with Crippen LogP contribution in [0.5, 0.6) is 0 Å². The van der Waals surface area contributed by atoms with Gasteiger partial charge in [-0.1, -0.05) is 23.2 Å². The van der Waals surface area contributed by atoms with Crippen LogP contribution >= 0.6 is 23.2 Å². The van der Waals surface area contributed by atoms with Gasteiger partial charge < -0.3 is 0 Å². The van der Waals surface area contributed by atoms with Crippen LogP contribution in [0.4, 0.5) is 8.78 Å². The van der Waals surface area contributed by atoms with Gasteiger partial charge >= 0.3 is 0 Å². The lowest BCUT2D eigenvalue weighted by Gasteiger charge is -2.08. The molecule has 1 aromatic rings. The third-order valence-corrected chi connectivity index (χ3v) is 2.46.